The van der Waals surface area contributed by atoms with Crippen molar-refractivity contribution in [2.24, 2.45) is 5.92 Å². The highest BCUT2D eigenvalue weighted by molar-refractivity contribution is 9.10. The summed E-state index contributed by atoms with van der Waals surface area (Å²) >= 11 is 3.34. The first-order chi connectivity index (χ1) is 8.95. The second-order valence-corrected chi connectivity index (χ2v) is 5.20. The second kappa shape index (κ2) is 7.28. The fourth-order valence-corrected chi connectivity index (χ4v) is 1.97. The summed E-state index contributed by atoms with van der Waals surface area (Å²) < 4.78 is 5.89. The highest BCUT2D eigenvalue weighted by Crippen LogP contribution is 2.21. The molecule has 0 amide bonds. The van der Waals surface area contributed by atoms with E-state index in [1.165, 1.54) is 0 Å². The third-order valence-corrected chi connectivity index (χ3v) is 3.63. The van der Waals surface area contributed by atoms with E-state index in [2.05, 4.69) is 15.9 Å². The lowest BCUT2D eigenvalue weighted by molar-refractivity contribution is -0.161. The van der Waals surface area contributed by atoms with Crippen molar-refractivity contribution < 1.29 is 19.4 Å². The van der Waals surface area contributed by atoms with Gasteiger partial charge in [-0.3, -0.25) is 9.59 Å². The molecule has 0 saturated heterocycles. The first-order valence-corrected chi connectivity index (χ1v) is 6.91. The highest BCUT2D eigenvalue weighted by Gasteiger charge is 2.29. The van der Waals surface area contributed by atoms with Crippen LogP contribution in [0.4, 0.5) is 0 Å². The summed E-state index contributed by atoms with van der Waals surface area (Å²) in [5, 5.41) is 9.17. The molecule has 1 aromatic rings. The van der Waals surface area contributed by atoms with E-state index in [1.807, 2.05) is 19.1 Å². The van der Waals surface area contributed by atoms with Gasteiger partial charge in [-0.15, -0.1) is 0 Å². The average molecular weight is 329 g/mol. The van der Waals surface area contributed by atoms with Gasteiger partial charge >= 0.3 is 11.9 Å². The third kappa shape index (κ3) is 4.67. The molecular weight excluding hydrogens is 312 g/mol. The van der Waals surface area contributed by atoms with Crippen LogP contribution in [-0.4, -0.2) is 23.1 Å². The molecule has 2 atom stereocenters. The van der Waals surface area contributed by atoms with Crippen LogP contribution in [0.3, 0.4) is 0 Å². The van der Waals surface area contributed by atoms with E-state index in [0.29, 0.717) is 6.42 Å². The van der Waals surface area contributed by atoms with E-state index >= 15 is 0 Å². The Morgan fingerprint density at radius 2 is 2.00 bits per heavy atom. The molecule has 2 unspecified atom stereocenters. The molecule has 1 rings (SSSR count). The van der Waals surface area contributed by atoms with Gasteiger partial charge in [0.15, 0.2) is 5.92 Å². The number of ether oxygens (including phenoxy) is 1. The maximum absolute atomic E-state index is 11.9. The van der Waals surface area contributed by atoms with Crippen LogP contribution in [0.1, 0.15) is 25.8 Å². The summed E-state index contributed by atoms with van der Waals surface area (Å²) in [6.07, 6.45) is 0.507. The predicted molar refractivity (Wildman–Crippen MR) is 74.8 cm³/mol. The Morgan fingerprint density at radius 1 is 1.37 bits per heavy atom. The standard InChI is InChI=1S/C14H17BrO4/c1-3-9(2)19-14(18)11(13(16)17)8-10-6-4-5-7-12(10)15/h4-7,9,11H,3,8H2,1-2H3,(H,16,17). The van der Waals surface area contributed by atoms with Gasteiger partial charge in [-0.05, 0) is 31.4 Å². The number of carboxylic acid groups (broad SMARTS) is 1. The molecule has 0 heterocycles. The monoisotopic (exact) mass is 328 g/mol. The maximum Gasteiger partial charge on any atom is 0.320 e. The van der Waals surface area contributed by atoms with E-state index in [1.54, 1.807) is 19.1 Å². The van der Waals surface area contributed by atoms with Gasteiger partial charge in [0, 0.05) is 4.47 Å². The van der Waals surface area contributed by atoms with E-state index in [0.717, 1.165) is 10.0 Å². The van der Waals surface area contributed by atoms with Crippen LogP contribution in [-0.2, 0) is 20.7 Å². The first-order valence-electron chi connectivity index (χ1n) is 6.12. The zero-order valence-electron chi connectivity index (χ0n) is 10.9. The number of hydrogen-bond donors (Lipinski definition) is 1. The van der Waals surface area contributed by atoms with Gasteiger partial charge < -0.3 is 9.84 Å². The molecule has 0 aliphatic carbocycles. The fraction of sp³-hybridized carbons (Fsp3) is 0.429. The number of esters is 1. The van der Waals surface area contributed by atoms with Crippen molar-refractivity contribution in [2.45, 2.75) is 32.8 Å². The molecule has 0 fully saturated rings. The molecule has 0 radical (unpaired) electrons. The van der Waals surface area contributed by atoms with E-state index in [9.17, 15) is 9.59 Å². The molecule has 0 aliphatic rings. The SMILES string of the molecule is CCC(C)OC(=O)C(Cc1ccccc1Br)C(=O)O. The number of halogens is 1. The van der Waals surface area contributed by atoms with E-state index in [4.69, 9.17) is 9.84 Å². The van der Waals surface area contributed by atoms with Crippen LogP contribution in [0.5, 0.6) is 0 Å². The van der Waals surface area contributed by atoms with E-state index < -0.39 is 17.9 Å². The van der Waals surface area contributed by atoms with Gasteiger partial charge in [-0.2, -0.15) is 0 Å². The third-order valence-electron chi connectivity index (χ3n) is 2.86. The van der Waals surface area contributed by atoms with Crippen molar-refractivity contribution >= 4 is 27.9 Å². The predicted octanol–water partition coefficient (Wildman–Crippen LogP) is 3.03. The molecule has 0 spiro atoms. The quantitative estimate of drug-likeness (QED) is 0.644. The van der Waals surface area contributed by atoms with Crippen molar-refractivity contribution in [2.75, 3.05) is 0 Å². The fourth-order valence-electron chi connectivity index (χ4n) is 1.52. The van der Waals surface area contributed by atoms with Crippen LogP contribution in [0.25, 0.3) is 0 Å². The summed E-state index contributed by atoms with van der Waals surface area (Å²) in [4.78, 5) is 23.1. The van der Waals surface area contributed by atoms with Crippen LogP contribution < -0.4 is 0 Å². The zero-order chi connectivity index (χ0) is 14.4. The molecule has 4 nitrogen and oxygen atoms in total. The molecule has 1 N–H and O–H groups in total. The molecule has 5 heteroatoms. The van der Waals surface area contributed by atoms with Crippen molar-refractivity contribution in [1.29, 1.82) is 0 Å². The van der Waals surface area contributed by atoms with Crippen LogP contribution in [0.15, 0.2) is 28.7 Å². The number of carbonyl (C=O) groups excluding carboxylic acids is 1. The van der Waals surface area contributed by atoms with Crippen LogP contribution in [0.2, 0.25) is 0 Å². The Bertz CT molecular complexity index is 459. The number of aliphatic carboxylic acids is 1. The van der Waals surface area contributed by atoms with Crippen molar-refractivity contribution in [3.63, 3.8) is 0 Å². The van der Waals surface area contributed by atoms with Gasteiger partial charge in [0.25, 0.3) is 0 Å². The Morgan fingerprint density at radius 3 is 2.53 bits per heavy atom. The maximum atomic E-state index is 11.9. The lowest BCUT2D eigenvalue weighted by atomic mass is 9.99. The minimum atomic E-state index is -1.17. The van der Waals surface area contributed by atoms with Gasteiger partial charge in [0.05, 0.1) is 6.10 Å². The molecule has 104 valence electrons. The van der Waals surface area contributed by atoms with Gasteiger partial charge in [-0.25, -0.2) is 0 Å². The van der Waals surface area contributed by atoms with Crippen molar-refractivity contribution in [1.82, 2.24) is 0 Å². The number of hydrogen-bond acceptors (Lipinski definition) is 3. The van der Waals surface area contributed by atoms with Gasteiger partial charge in [-0.1, -0.05) is 41.1 Å². The number of carboxylic acids is 1. The molecule has 1 aromatic carbocycles. The van der Waals surface area contributed by atoms with E-state index in [-0.39, 0.29) is 12.5 Å². The first kappa shape index (κ1) is 15.7. The molecular formula is C14H17BrO4. The number of benzene rings is 1. The minimum Gasteiger partial charge on any atom is -0.481 e. The summed E-state index contributed by atoms with van der Waals surface area (Å²) in [5.41, 5.74) is 0.774. The molecule has 0 saturated carbocycles. The summed E-state index contributed by atoms with van der Waals surface area (Å²) in [5.74, 6) is -3.02. The Labute approximate surface area is 120 Å². The van der Waals surface area contributed by atoms with Gasteiger partial charge in [0.2, 0.25) is 0 Å². The smallest absolute Gasteiger partial charge is 0.320 e. The highest BCUT2D eigenvalue weighted by atomic mass is 79.9. The van der Waals surface area contributed by atoms with Crippen molar-refractivity contribution in [3.05, 3.63) is 34.3 Å². The average Bonchev–Trinajstić information content (AvgIpc) is 2.36. The Hall–Kier alpha value is -1.36. The zero-order valence-corrected chi connectivity index (χ0v) is 12.5. The number of carbonyl (C=O) groups is 2. The Balaban J connectivity index is 2.82. The van der Waals surface area contributed by atoms with Crippen LogP contribution >= 0.6 is 15.9 Å². The lowest BCUT2D eigenvalue weighted by Crippen LogP contribution is -2.30. The molecule has 0 bridgehead atoms. The Kier molecular flexibility index (Phi) is 6.02. The van der Waals surface area contributed by atoms with Crippen LogP contribution in [0, 0.1) is 5.92 Å². The van der Waals surface area contributed by atoms with Crippen molar-refractivity contribution in [3.8, 4) is 0 Å². The minimum absolute atomic E-state index is 0.117. The summed E-state index contributed by atoms with van der Waals surface area (Å²) in [6, 6.07) is 7.24. The molecule has 19 heavy (non-hydrogen) atoms. The lowest BCUT2D eigenvalue weighted by Gasteiger charge is -2.16. The normalized spacial score (nSPS) is 13.6. The summed E-state index contributed by atoms with van der Waals surface area (Å²) in [7, 11) is 0. The largest absolute Gasteiger partial charge is 0.481 e. The molecule has 0 aromatic heterocycles. The summed E-state index contributed by atoms with van der Waals surface area (Å²) in [6.45, 7) is 3.62. The van der Waals surface area contributed by atoms with Gasteiger partial charge in [0.1, 0.15) is 0 Å². The second-order valence-electron chi connectivity index (χ2n) is 4.34. The topological polar surface area (TPSA) is 63.6 Å². The molecule has 0 aliphatic heterocycles. The number of rotatable bonds is 6.